The zero-order valence-electron chi connectivity index (χ0n) is 38.9. The van der Waals surface area contributed by atoms with Crippen molar-refractivity contribution in [1.29, 1.82) is 0 Å². The summed E-state index contributed by atoms with van der Waals surface area (Å²) in [7, 11) is -5.87. The van der Waals surface area contributed by atoms with Gasteiger partial charge in [-0.2, -0.15) is 21.6 Å². The maximum Gasteiger partial charge on any atom is 0.534 e. The van der Waals surface area contributed by atoms with Gasteiger partial charge in [0.1, 0.15) is 9.40 Å². The highest BCUT2D eigenvalue weighted by Gasteiger charge is 2.49. The number of rotatable bonds is 10. The molecule has 0 saturated carbocycles. The number of primary amides is 1. The lowest BCUT2D eigenvalue weighted by atomic mass is 10.2. The number of thiazole rings is 4. The minimum Gasteiger partial charge on any atom is -0.492 e. The van der Waals surface area contributed by atoms with Crippen LogP contribution < -0.4 is 37.7 Å². The fraction of sp³-hybridized carbons (Fsp3) is 0.262. The SMILES string of the molecule is CCOC(=O)c1sc(C)nc1O.CCOC(=O)c1sc(C)nc1OS(=O)(=O)C(F)(F)F.Cc1nc2[nH]c(=O)[nH]c(=O)c2s1.Cc1nc2[nH]c(=O)n(Cc3ccccc3)c(=O)c2s1.NC(=O)NCc1ccccc1. The zero-order chi connectivity index (χ0) is 54.2. The molecular weight excluding hydrogens is 1070 g/mol. The van der Waals surface area contributed by atoms with Crippen molar-refractivity contribution in [1.82, 2.24) is 44.8 Å². The molecule has 2 aromatic carbocycles. The summed E-state index contributed by atoms with van der Waals surface area (Å²) in [5.41, 5.74) is 0.393. The second kappa shape index (κ2) is 26.2. The number of carbonyl (C=O) groups is 3. The Labute approximate surface area is 425 Å². The van der Waals surface area contributed by atoms with E-state index in [1.165, 1.54) is 41.1 Å². The number of nitrogens with two attached hydrogens (primary N) is 1. The Morgan fingerprint density at radius 2 is 1.21 bits per heavy atom. The number of amides is 2. The highest BCUT2D eigenvalue weighted by molar-refractivity contribution is 7.88. The number of urea groups is 1. The molecule has 8 aromatic rings. The minimum absolute atomic E-state index is 0.0265. The average molecular weight is 1110 g/mol. The van der Waals surface area contributed by atoms with Crippen molar-refractivity contribution in [3.8, 4) is 11.8 Å². The molecule has 0 aliphatic heterocycles. The van der Waals surface area contributed by atoms with Gasteiger partial charge in [-0.25, -0.2) is 43.9 Å². The summed E-state index contributed by atoms with van der Waals surface area (Å²) in [4.78, 5) is 101. The van der Waals surface area contributed by atoms with Crippen LogP contribution in [0.15, 0.2) is 79.8 Å². The van der Waals surface area contributed by atoms with Crippen LogP contribution in [-0.2, 0) is 32.7 Å². The summed E-state index contributed by atoms with van der Waals surface area (Å²) in [5, 5.41) is 14.0. The van der Waals surface area contributed by atoms with Gasteiger partial charge in [0.15, 0.2) is 21.0 Å². The molecule has 0 aliphatic carbocycles. The molecule has 6 aromatic heterocycles. The van der Waals surface area contributed by atoms with Crippen LogP contribution >= 0.6 is 45.3 Å². The lowest BCUT2D eigenvalue weighted by Gasteiger charge is -2.08. The molecule has 0 aliphatic rings. The van der Waals surface area contributed by atoms with Crippen molar-refractivity contribution in [2.75, 3.05) is 13.2 Å². The number of carbonyl (C=O) groups excluding carboxylic acids is 3. The van der Waals surface area contributed by atoms with Crippen molar-refractivity contribution in [3.63, 3.8) is 0 Å². The molecule has 0 radical (unpaired) electrons. The fourth-order valence-electron chi connectivity index (χ4n) is 5.39. The van der Waals surface area contributed by atoms with E-state index in [9.17, 15) is 55.2 Å². The molecule has 390 valence electrons. The Morgan fingerprint density at radius 3 is 1.73 bits per heavy atom. The van der Waals surface area contributed by atoms with Gasteiger partial charge in [0, 0.05) is 6.54 Å². The summed E-state index contributed by atoms with van der Waals surface area (Å²) < 4.78 is 73.4. The van der Waals surface area contributed by atoms with E-state index in [1.54, 1.807) is 20.8 Å². The molecule has 0 spiro atoms. The average Bonchev–Trinajstić information content (AvgIpc) is 4.09. The third kappa shape index (κ3) is 17.0. The molecule has 0 bridgehead atoms. The number of nitrogens with zero attached hydrogens (tertiary/aromatic N) is 5. The third-order valence-electron chi connectivity index (χ3n) is 8.35. The second-order valence-corrected chi connectivity index (χ2v) is 20.3. The van der Waals surface area contributed by atoms with Gasteiger partial charge in [-0.3, -0.25) is 29.1 Å². The lowest BCUT2D eigenvalue weighted by molar-refractivity contribution is -0.0501. The van der Waals surface area contributed by atoms with E-state index < -0.39 is 55.7 Å². The number of aryl methyl sites for hydroxylation is 4. The number of halogens is 3. The normalized spacial score (nSPS) is 10.8. The molecule has 73 heavy (non-hydrogen) atoms. The minimum atomic E-state index is -5.87. The van der Waals surface area contributed by atoms with Crippen LogP contribution in [0.5, 0.6) is 11.8 Å². The largest absolute Gasteiger partial charge is 0.534 e. The number of nitrogens with one attached hydrogen (secondary N) is 4. The van der Waals surface area contributed by atoms with Crippen molar-refractivity contribution in [2.45, 2.75) is 60.1 Å². The number of hydrogen-bond donors (Lipinski definition) is 6. The van der Waals surface area contributed by atoms with Crippen molar-refractivity contribution < 1.29 is 54.7 Å². The van der Waals surface area contributed by atoms with Crippen LogP contribution in [0.4, 0.5) is 18.0 Å². The smallest absolute Gasteiger partial charge is 0.492 e. The van der Waals surface area contributed by atoms with Gasteiger partial charge >= 0.3 is 45.0 Å². The molecule has 7 N–H and O–H groups in total. The number of H-pyrrole nitrogens is 3. The molecule has 23 nitrogen and oxygen atoms in total. The monoisotopic (exact) mass is 1110 g/mol. The number of fused-ring (bicyclic) bond motifs is 2. The van der Waals surface area contributed by atoms with Crippen LogP contribution in [0, 0.1) is 27.7 Å². The molecule has 0 unspecified atom stereocenters. The number of alkyl halides is 3. The second-order valence-electron chi connectivity index (χ2n) is 13.9. The van der Waals surface area contributed by atoms with E-state index in [0.29, 0.717) is 50.2 Å². The molecule has 31 heteroatoms. The maximum absolute atomic E-state index is 12.3. The van der Waals surface area contributed by atoms with Crippen LogP contribution in [0.1, 0.15) is 64.3 Å². The summed E-state index contributed by atoms with van der Waals surface area (Å²) in [6, 6.07) is 18.5. The molecule has 0 fully saturated rings. The van der Waals surface area contributed by atoms with E-state index in [1.807, 2.05) is 67.6 Å². The first-order valence-electron chi connectivity index (χ1n) is 20.6. The number of aromatic hydroxyl groups is 1. The first-order chi connectivity index (χ1) is 34.3. The highest BCUT2D eigenvalue weighted by Crippen LogP contribution is 2.32. The number of aromatic nitrogens is 8. The van der Waals surface area contributed by atoms with Crippen LogP contribution in [-0.4, -0.2) is 89.7 Å². The van der Waals surface area contributed by atoms with Gasteiger partial charge in [-0.1, -0.05) is 60.7 Å². The quantitative estimate of drug-likeness (QED) is 0.0557. The van der Waals surface area contributed by atoms with Gasteiger partial charge < -0.3 is 29.8 Å². The van der Waals surface area contributed by atoms with Crippen molar-refractivity contribution >= 4 is 94.1 Å². The van der Waals surface area contributed by atoms with Gasteiger partial charge in [-0.05, 0) is 52.7 Å². The van der Waals surface area contributed by atoms with E-state index in [0.717, 1.165) is 32.5 Å². The van der Waals surface area contributed by atoms with Crippen LogP contribution in [0.3, 0.4) is 0 Å². The number of benzene rings is 2. The molecule has 6 heterocycles. The van der Waals surface area contributed by atoms with E-state index in [2.05, 4.69) is 49.1 Å². The summed E-state index contributed by atoms with van der Waals surface area (Å²) in [5.74, 6) is -2.68. The van der Waals surface area contributed by atoms with E-state index in [4.69, 9.17) is 15.6 Å². The van der Waals surface area contributed by atoms with Crippen LogP contribution in [0.2, 0.25) is 0 Å². The Bertz CT molecular complexity index is 3530. The summed E-state index contributed by atoms with van der Waals surface area (Å²) >= 11 is 4.36. The standard InChI is InChI=1S/C13H11N3O2S.C8H8F3NO5S2.C8H10N2O.C7H9NO3S.C6H5N3O2S/c1-8-14-11-10(19-8)12(17)16(13(18)15-11)7-9-5-3-2-4-6-9;1-3-16-7(13)5-6(12-4(2)18-5)17-19(14,15)8(9,10)11;9-8(11)10-6-7-4-2-1-3-5-7;1-3-11-7(10)5-6(9)8-4(2)12-5;1-2-7-4-3(12-2)5(10)9-6(11)8-4/h2-6H,7H2,1H3,(H,15,18);3H2,1-2H3;1-5H,6H2,(H3,9,10,11);9H,3H2,1-2H3;1H3,(H2,8,9,10,11). The zero-order valence-corrected chi connectivity index (χ0v) is 43.0. The third-order valence-corrected chi connectivity index (χ3v) is 13.1. The van der Waals surface area contributed by atoms with Gasteiger partial charge in [0.05, 0.1) is 39.8 Å². The topological polar surface area (TPSA) is 343 Å². The van der Waals surface area contributed by atoms with Gasteiger partial charge in [-0.15, -0.1) is 45.3 Å². The Kier molecular flexibility index (Phi) is 20.8. The number of ether oxygens (including phenoxy) is 2. The molecule has 0 atom stereocenters. The van der Waals surface area contributed by atoms with Gasteiger partial charge in [0.25, 0.3) is 17.0 Å². The molecule has 2 amide bonds. The first-order valence-corrected chi connectivity index (χ1v) is 25.3. The van der Waals surface area contributed by atoms with E-state index >= 15 is 0 Å². The number of hydrogen-bond acceptors (Lipinski definition) is 21. The lowest BCUT2D eigenvalue weighted by Crippen LogP contribution is -2.34. The fourth-order valence-corrected chi connectivity index (χ4v) is 8.90. The van der Waals surface area contributed by atoms with Crippen molar-refractivity contribution in [2.24, 2.45) is 5.73 Å². The Balaban J connectivity index is 0.000000202. The highest BCUT2D eigenvalue weighted by atomic mass is 32.2. The summed E-state index contributed by atoms with van der Waals surface area (Å²) in [6.07, 6.45) is 0. The summed E-state index contributed by atoms with van der Waals surface area (Å²) in [6.45, 7) is 10.9. The van der Waals surface area contributed by atoms with Gasteiger partial charge in [0.2, 0.25) is 5.88 Å². The van der Waals surface area contributed by atoms with E-state index in [-0.39, 0.29) is 40.0 Å². The first kappa shape index (κ1) is 58.0. The maximum atomic E-state index is 12.3. The Hall–Kier alpha value is -7.61. The van der Waals surface area contributed by atoms with Crippen LogP contribution in [0.25, 0.3) is 20.7 Å². The van der Waals surface area contributed by atoms with Crippen molar-refractivity contribution in [3.05, 3.63) is 143 Å². The number of aromatic amines is 3. The molecular formula is C42H43F3N10O13S5. The predicted octanol–water partition coefficient (Wildman–Crippen LogP) is 5.53. The Morgan fingerprint density at radius 1 is 0.712 bits per heavy atom. The molecule has 8 rings (SSSR count). The molecule has 0 saturated heterocycles. The number of esters is 2. The predicted molar refractivity (Wildman–Crippen MR) is 266 cm³/mol.